The fourth-order valence-electron chi connectivity index (χ4n) is 1.10. The highest BCUT2D eigenvalue weighted by Gasteiger charge is 2.35. The van der Waals surface area contributed by atoms with Gasteiger partial charge in [-0.2, -0.15) is 13.2 Å². The van der Waals surface area contributed by atoms with Gasteiger partial charge in [0.25, 0.3) is 5.69 Å². The molecular weight excluding hydrogens is 245 g/mol. The zero-order chi connectivity index (χ0) is 13.2. The molecule has 0 amide bonds. The summed E-state index contributed by atoms with van der Waals surface area (Å²) in [6.07, 6.45) is -5.02. The summed E-state index contributed by atoms with van der Waals surface area (Å²) in [4.78, 5) is 22.7. The lowest BCUT2D eigenvalue weighted by atomic mass is 10.1. The van der Waals surface area contributed by atoms with Crippen molar-refractivity contribution >= 4 is 11.7 Å². The lowest BCUT2D eigenvalue weighted by Crippen LogP contribution is -2.11. The number of pyridine rings is 1. The fraction of sp³-hybridized carbons (Fsp3) is 0.250. The van der Waals surface area contributed by atoms with Crippen LogP contribution in [0.15, 0.2) is 12.3 Å². The van der Waals surface area contributed by atoms with E-state index < -0.39 is 34.9 Å². The molecule has 92 valence electrons. The van der Waals surface area contributed by atoms with Crippen LogP contribution in [0.1, 0.15) is 11.3 Å². The standard InChI is InChI=1S/C8H5F3N2O4/c9-8(10,11)6-2-5(13(16)17)4(3-12-6)1-7(14)15/h2-3H,1H2,(H,14,15). The van der Waals surface area contributed by atoms with E-state index in [-0.39, 0.29) is 11.6 Å². The Bertz CT molecular complexity index is 472. The van der Waals surface area contributed by atoms with Crippen LogP contribution in [0.4, 0.5) is 18.9 Å². The first-order valence-corrected chi connectivity index (χ1v) is 4.14. The van der Waals surface area contributed by atoms with E-state index in [4.69, 9.17) is 5.11 Å². The third-order valence-corrected chi connectivity index (χ3v) is 1.79. The number of alkyl halides is 3. The number of rotatable bonds is 3. The van der Waals surface area contributed by atoms with Crippen molar-refractivity contribution in [1.29, 1.82) is 0 Å². The van der Waals surface area contributed by atoms with Crippen LogP contribution in [0.3, 0.4) is 0 Å². The molecule has 0 saturated carbocycles. The highest BCUT2D eigenvalue weighted by atomic mass is 19.4. The van der Waals surface area contributed by atoms with Gasteiger partial charge >= 0.3 is 12.1 Å². The van der Waals surface area contributed by atoms with Gasteiger partial charge in [-0.15, -0.1) is 0 Å². The molecule has 1 aromatic heterocycles. The minimum absolute atomic E-state index is 0.221. The second-order valence-corrected chi connectivity index (χ2v) is 3.02. The number of aliphatic carboxylic acids is 1. The minimum atomic E-state index is -4.81. The molecule has 0 aliphatic heterocycles. The number of aromatic nitrogens is 1. The van der Waals surface area contributed by atoms with Crippen molar-refractivity contribution in [2.75, 3.05) is 0 Å². The Morgan fingerprint density at radius 1 is 1.53 bits per heavy atom. The Hall–Kier alpha value is -2.19. The van der Waals surface area contributed by atoms with Crippen molar-refractivity contribution in [2.24, 2.45) is 0 Å². The largest absolute Gasteiger partial charge is 0.481 e. The van der Waals surface area contributed by atoms with Gasteiger partial charge in [0.2, 0.25) is 0 Å². The van der Waals surface area contributed by atoms with E-state index in [9.17, 15) is 28.1 Å². The van der Waals surface area contributed by atoms with E-state index in [2.05, 4.69) is 4.98 Å². The molecule has 0 spiro atoms. The van der Waals surface area contributed by atoms with E-state index in [1.54, 1.807) is 0 Å². The zero-order valence-electron chi connectivity index (χ0n) is 8.06. The molecule has 1 heterocycles. The number of nitrogens with zero attached hydrogens (tertiary/aromatic N) is 2. The van der Waals surface area contributed by atoms with E-state index >= 15 is 0 Å². The highest BCUT2D eigenvalue weighted by molar-refractivity contribution is 5.71. The molecule has 0 fully saturated rings. The van der Waals surface area contributed by atoms with E-state index in [1.165, 1.54) is 0 Å². The predicted octanol–water partition coefficient (Wildman–Crippen LogP) is 1.64. The molecule has 1 N–H and O–H groups in total. The van der Waals surface area contributed by atoms with Crippen molar-refractivity contribution in [3.63, 3.8) is 0 Å². The van der Waals surface area contributed by atoms with E-state index in [1.807, 2.05) is 0 Å². The van der Waals surface area contributed by atoms with Gasteiger partial charge in [0, 0.05) is 12.3 Å². The lowest BCUT2D eigenvalue weighted by Gasteiger charge is -2.06. The Morgan fingerprint density at radius 3 is 2.53 bits per heavy atom. The Labute approximate surface area is 91.9 Å². The monoisotopic (exact) mass is 250 g/mol. The minimum Gasteiger partial charge on any atom is -0.481 e. The molecule has 1 aromatic rings. The first-order valence-electron chi connectivity index (χ1n) is 4.14. The molecule has 0 bridgehead atoms. The van der Waals surface area contributed by atoms with Gasteiger partial charge in [-0.3, -0.25) is 19.9 Å². The maximum Gasteiger partial charge on any atom is 0.433 e. The third kappa shape index (κ3) is 3.13. The number of carboxylic acid groups (broad SMARTS) is 1. The Balaban J connectivity index is 3.27. The van der Waals surface area contributed by atoms with E-state index in [0.717, 1.165) is 0 Å². The summed E-state index contributed by atoms with van der Waals surface area (Å²) in [5.74, 6) is -1.39. The van der Waals surface area contributed by atoms with Gasteiger partial charge in [0.1, 0.15) is 0 Å². The first-order chi connectivity index (χ1) is 7.71. The van der Waals surface area contributed by atoms with Crippen molar-refractivity contribution in [2.45, 2.75) is 12.6 Å². The molecule has 1 rings (SSSR count). The summed E-state index contributed by atoms with van der Waals surface area (Å²) >= 11 is 0. The quantitative estimate of drug-likeness (QED) is 0.650. The summed E-state index contributed by atoms with van der Waals surface area (Å²) in [6, 6.07) is 0.221. The number of hydrogen-bond donors (Lipinski definition) is 1. The topological polar surface area (TPSA) is 93.3 Å². The molecule has 17 heavy (non-hydrogen) atoms. The molecule has 0 aliphatic carbocycles. The van der Waals surface area contributed by atoms with Crippen LogP contribution in [0, 0.1) is 10.1 Å². The smallest absolute Gasteiger partial charge is 0.433 e. The fourth-order valence-corrected chi connectivity index (χ4v) is 1.10. The average molecular weight is 250 g/mol. The number of nitro groups is 1. The Kier molecular flexibility index (Phi) is 3.30. The summed E-state index contributed by atoms with van der Waals surface area (Å²) in [5.41, 5.74) is -2.72. The van der Waals surface area contributed by atoms with Crippen LogP contribution in [0.2, 0.25) is 0 Å². The number of carboxylic acids is 1. The molecule has 0 radical (unpaired) electrons. The van der Waals surface area contributed by atoms with Gasteiger partial charge in [-0.25, -0.2) is 0 Å². The van der Waals surface area contributed by atoms with Crippen LogP contribution >= 0.6 is 0 Å². The summed E-state index contributed by atoms with van der Waals surface area (Å²) in [7, 11) is 0. The van der Waals surface area contributed by atoms with Crippen molar-refractivity contribution < 1.29 is 28.0 Å². The van der Waals surface area contributed by atoms with E-state index in [0.29, 0.717) is 6.20 Å². The predicted molar refractivity (Wildman–Crippen MR) is 47.2 cm³/mol. The maximum absolute atomic E-state index is 12.2. The highest BCUT2D eigenvalue weighted by Crippen LogP contribution is 2.31. The summed E-state index contributed by atoms with van der Waals surface area (Å²) in [6.45, 7) is 0. The Morgan fingerprint density at radius 2 is 2.12 bits per heavy atom. The molecule has 0 atom stereocenters. The molecule has 9 heteroatoms. The second kappa shape index (κ2) is 4.36. The molecule has 0 unspecified atom stereocenters. The van der Waals surface area contributed by atoms with Gasteiger partial charge in [-0.1, -0.05) is 0 Å². The van der Waals surface area contributed by atoms with Crippen LogP contribution in [-0.2, 0) is 17.4 Å². The van der Waals surface area contributed by atoms with Gasteiger partial charge < -0.3 is 5.11 Å². The first kappa shape index (κ1) is 12.9. The molecule has 0 aliphatic rings. The lowest BCUT2D eigenvalue weighted by molar-refractivity contribution is -0.385. The third-order valence-electron chi connectivity index (χ3n) is 1.79. The maximum atomic E-state index is 12.2. The number of hydrogen-bond acceptors (Lipinski definition) is 4. The number of carbonyl (C=O) groups is 1. The molecule has 0 aromatic carbocycles. The van der Waals surface area contributed by atoms with Gasteiger partial charge in [0.05, 0.1) is 16.9 Å². The average Bonchev–Trinajstić information content (AvgIpc) is 2.15. The van der Waals surface area contributed by atoms with Crippen molar-refractivity contribution in [1.82, 2.24) is 4.98 Å². The normalized spacial score (nSPS) is 11.2. The molecule has 6 nitrogen and oxygen atoms in total. The summed E-state index contributed by atoms with van der Waals surface area (Å²) in [5, 5.41) is 18.9. The van der Waals surface area contributed by atoms with Crippen molar-refractivity contribution in [3.05, 3.63) is 33.6 Å². The molecule has 0 saturated heterocycles. The van der Waals surface area contributed by atoms with Gasteiger partial charge in [-0.05, 0) is 0 Å². The van der Waals surface area contributed by atoms with Crippen LogP contribution in [-0.4, -0.2) is 21.0 Å². The summed E-state index contributed by atoms with van der Waals surface area (Å²) < 4.78 is 36.7. The van der Waals surface area contributed by atoms with Crippen LogP contribution < -0.4 is 0 Å². The van der Waals surface area contributed by atoms with Crippen molar-refractivity contribution in [3.8, 4) is 0 Å². The molecular formula is C8H5F3N2O4. The van der Waals surface area contributed by atoms with Gasteiger partial charge in [0.15, 0.2) is 5.69 Å². The second-order valence-electron chi connectivity index (χ2n) is 3.02. The number of halogens is 3. The van der Waals surface area contributed by atoms with Crippen LogP contribution in [0.5, 0.6) is 0 Å². The van der Waals surface area contributed by atoms with Crippen LogP contribution in [0.25, 0.3) is 0 Å². The SMILES string of the molecule is O=C(O)Cc1cnc(C(F)(F)F)cc1[N+](=O)[O-]. The zero-order valence-corrected chi connectivity index (χ0v) is 8.06.